The molecule has 0 spiro atoms. The molecule has 18 heavy (non-hydrogen) atoms. The maximum absolute atomic E-state index is 4.45. The van der Waals surface area contributed by atoms with Gasteiger partial charge in [0.2, 0.25) is 0 Å². The fourth-order valence-electron chi connectivity index (χ4n) is 2.33. The van der Waals surface area contributed by atoms with E-state index in [4.69, 9.17) is 0 Å². The molecule has 0 atom stereocenters. The number of benzene rings is 1. The Bertz CT molecular complexity index is 849. The van der Waals surface area contributed by atoms with E-state index in [9.17, 15) is 0 Å². The van der Waals surface area contributed by atoms with Gasteiger partial charge >= 0.3 is 0 Å². The molecule has 0 amide bonds. The Morgan fingerprint density at radius 1 is 1.00 bits per heavy atom. The molecule has 0 fully saturated rings. The molecule has 0 bridgehead atoms. The molecule has 2 nitrogen and oxygen atoms in total. The van der Waals surface area contributed by atoms with E-state index in [1.165, 1.54) is 5.52 Å². The molecule has 0 N–H and O–H groups in total. The van der Waals surface area contributed by atoms with Crippen LogP contribution in [0.5, 0.6) is 0 Å². The first-order valence-electron chi connectivity index (χ1n) is 5.59. The smallest absolute Gasteiger partial charge is 0.0198 e. The summed E-state index contributed by atoms with van der Waals surface area (Å²) < 4.78 is 2.14. The number of fused-ring (bicyclic) bond motifs is 5. The van der Waals surface area contributed by atoms with E-state index in [1.807, 2.05) is 24.4 Å². The summed E-state index contributed by atoms with van der Waals surface area (Å²) in [4.78, 5) is 4.45. The molecule has 4 aromatic rings. The number of pyridine rings is 2. The third kappa shape index (κ3) is 1.48. The van der Waals surface area contributed by atoms with Gasteiger partial charge in [-0.05, 0) is 34.7 Å². The molecule has 3 aromatic heterocycles. The molecule has 3 heteroatoms. The SMILES string of the molecule is [Ir].[c-]1c2ccccc2n2ccc3cccnc3c12. The standard InChI is InChI=1S/C15H9N2.Ir/c1-2-6-13-12(4-1)10-14-15-11(5-3-8-16-15)7-9-17(13)14;/h1-9H;/q-1;. The van der Waals surface area contributed by atoms with E-state index in [0.29, 0.717) is 0 Å². The topological polar surface area (TPSA) is 17.3 Å². The minimum absolute atomic E-state index is 0. The Balaban J connectivity index is 0.000001000. The van der Waals surface area contributed by atoms with E-state index >= 15 is 0 Å². The van der Waals surface area contributed by atoms with E-state index < -0.39 is 0 Å². The predicted octanol–water partition coefficient (Wildman–Crippen LogP) is 3.44. The van der Waals surface area contributed by atoms with E-state index in [2.05, 4.69) is 45.9 Å². The van der Waals surface area contributed by atoms with Gasteiger partial charge in [-0.3, -0.25) is 0 Å². The molecule has 4 rings (SSSR count). The fraction of sp³-hybridized carbons (Fsp3) is 0. The summed E-state index contributed by atoms with van der Waals surface area (Å²) in [5.74, 6) is 0. The van der Waals surface area contributed by atoms with Crippen LogP contribution in [0.3, 0.4) is 0 Å². The second-order valence-corrected chi connectivity index (χ2v) is 4.12. The summed E-state index contributed by atoms with van der Waals surface area (Å²) in [6.45, 7) is 0. The van der Waals surface area contributed by atoms with Crippen LogP contribution in [0.4, 0.5) is 0 Å². The molecule has 0 aliphatic carbocycles. The van der Waals surface area contributed by atoms with Crippen molar-refractivity contribution in [1.29, 1.82) is 0 Å². The first-order chi connectivity index (χ1) is 8.43. The van der Waals surface area contributed by atoms with Gasteiger partial charge < -0.3 is 9.38 Å². The maximum atomic E-state index is 4.45. The van der Waals surface area contributed by atoms with Gasteiger partial charge in [-0.25, -0.2) is 0 Å². The van der Waals surface area contributed by atoms with Crippen LogP contribution in [-0.4, -0.2) is 9.38 Å². The molecule has 3 heterocycles. The molecule has 0 unspecified atom stereocenters. The quantitative estimate of drug-likeness (QED) is 0.407. The van der Waals surface area contributed by atoms with Crippen molar-refractivity contribution >= 4 is 27.3 Å². The molecular weight excluding hydrogens is 400 g/mol. The summed E-state index contributed by atoms with van der Waals surface area (Å²) in [6.07, 6.45) is 3.91. The van der Waals surface area contributed by atoms with Crippen LogP contribution in [-0.2, 0) is 20.1 Å². The van der Waals surface area contributed by atoms with Crippen molar-refractivity contribution in [2.45, 2.75) is 0 Å². The van der Waals surface area contributed by atoms with Gasteiger partial charge in [-0.1, -0.05) is 18.2 Å². The van der Waals surface area contributed by atoms with Crippen LogP contribution in [0, 0.1) is 6.07 Å². The van der Waals surface area contributed by atoms with Crippen LogP contribution >= 0.6 is 0 Å². The van der Waals surface area contributed by atoms with Gasteiger partial charge in [-0.15, -0.1) is 23.6 Å². The molecule has 0 aliphatic rings. The molecule has 1 aromatic carbocycles. The zero-order valence-electron chi connectivity index (χ0n) is 9.42. The molecular formula is C15H9IrN2-. The summed E-state index contributed by atoms with van der Waals surface area (Å²) >= 11 is 0. The van der Waals surface area contributed by atoms with E-state index in [0.717, 1.165) is 21.8 Å². The van der Waals surface area contributed by atoms with Crippen LogP contribution in [0.1, 0.15) is 0 Å². The summed E-state index contributed by atoms with van der Waals surface area (Å²) in [5.41, 5.74) is 3.23. The second kappa shape index (κ2) is 4.20. The Morgan fingerprint density at radius 2 is 1.89 bits per heavy atom. The number of para-hydroxylation sites is 1. The first-order valence-corrected chi connectivity index (χ1v) is 5.59. The average Bonchev–Trinajstić information content (AvgIpc) is 2.78. The van der Waals surface area contributed by atoms with Gasteiger partial charge in [0.25, 0.3) is 0 Å². The minimum atomic E-state index is 0. The predicted molar refractivity (Wildman–Crippen MR) is 69.0 cm³/mol. The first kappa shape index (κ1) is 11.4. The zero-order chi connectivity index (χ0) is 11.2. The number of rotatable bonds is 0. The molecule has 0 aliphatic heterocycles. The van der Waals surface area contributed by atoms with Gasteiger partial charge in [0.1, 0.15) is 0 Å². The number of hydrogen-bond donors (Lipinski definition) is 0. The molecule has 89 valence electrons. The van der Waals surface area contributed by atoms with Gasteiger partial charge in [0, 0.05) is 31.8 Å². The summed E-state index contributed by atoms with van der Waals surface area (Å²) in [7, 11) is 0. The summed E-state index contributed by atoms with van der Waals surface area (Å²) in [6, 6.07) is 17.8. The average molecular weight is 409 g/mol. The van der Waals surface area contributed by atoms with Crippen molar-refractivity contribution in [3.8, 4) is 0 Å². The monoisotopic (exact) mass is 410 g/mol. The fourth-order valence-corrected chi connectivity index (χ4v) is 2.33. The van der Waals surface area contributed by atoms with E-state index in [-0.39, 0.29) is 20.1 Å². The van der Waals surface area contributed by atoms with Gasteiger partial charge in [0.15, 0.2) is 0 Å². The Hall–Kier alpha value is -1.70. The van der Waals surface area contributed by atoms with Crippen LogP contribution in [0.15, 0.2) is 54.9 Å². The zero-order valence-corrected chi connectivity index (χ0v) is 11.8. The third-order valence-electron chi connectivity index (χ3n) is 3.12. The minimum Gasteiger partial charge on any atom is -0.372 e. The molecule has 0 saturated heterocycles. The Labute approximate surface area is 118 Å². The van der Waals surface area contributed by atoms with Crippen LogP contribution in [0.25, 0.3) is 27.3 Å². The van der Waals surface area contributed by atoms with Crippen molar-refractivity contribution in [1.82, 2.24) is 9.38 Å². The van der Waals surface area contributed by atoms with E-state index in [1.54, 1.807) is 0 Å². The Morgan fingerprint density at radius 3 is 2.83 bits per heavy atom. The van der Waals surface area contributed by atoms with Crippen molar-refractivity contribution in [2.75, 3.05) is 0 Å². The third-order valence-corrected chi connectivity index (χ3v) is 3.12. The summed E-state index contributed by atoms with van der Waals surface area (Å²) in [5, 5.41) is 2.28. The molecule has 1 radical (unpaired) electrons. The largest absolute Gasteiger partial charge is 0.372 e. The van der Waals surface area contributed by atoms with Crippen LogP contribution < -0.4 is 0 Å². The number of nitrogens with zero attached hydrogens (tertiary/aromatic N) is 2. The second-order valence-electron chi connectivity index (χ2n) is 4.12. The maximum Gasteiger partial charge on any atom is 0.0198 e. The number of aromatic nitrogens is 2. The van der Waals surface area contributed by atoms with Gasteiger partial charge in [-0.2, -0.15) is 0 Å². The molecule has 0 saturated carbocycles. The van der Waals surface area contributed by atoms with Crippen molar-refractivity contribution < 1.29 is 20.1 Å². The van der Waals surface area contributed by atoms with Crippen molar-refractivity contribution in [3.63, 3.8) is 0 Å². The van der Waals surface area contributed by atoms with Gasteiger partial charge in [0.05, 0.1) is 0 Å². The normalized spacial score (nSPS) is 10.9. The van der Waals surface area contributed by atoms with Crippen LogP contribution in [0.2, 0.25) is 0 Å². The van der Waals surface area contributed by atoms with Crippen molar-refractivity contribution in [3.05, 3.63) is 60.9 Å². The Kier molecular flexibility index (Phi) is 2.66. The van der Waals surface area contributed by atoms with Crippen molar-refractivity contribution in [2.24, 2.45) is 0 Å². The number of hydrogen-bond acceptors (Lipinski definition) is 1.